The molecule has 2 aromatic carbocycles. The number of aromatic hydroxyl groups is 1. The van der Waals surface area contributed by atoms with Crippen molar-refractivity contribution in [3.8, 4) is 17.1 Å². The van der Waals surface area contributed by atoms with E-state index < -0.39 is 0 Å². The Labute approximate surface area is 201 Å². The molecule has 1 amide bonds. The minimum atomic E-state index is -0.377. The number of alkyl carbamates (subject to hydrolysis) is 1. The first-order chi connectivity index (χ1) is 16.6. The second-order valence-corrected chi connectivity index (χ2v) is 9.13. The van der Waals surface area contributed by atoms with Gasteiger partial charge in [-0.15, -0.1) is 0 Å². The maximum Gasteiger partial charge on any atom is 0.407 e. The van der Waals surface area contributed by atoms with Crippen molar-refractivity contribution in [2.45, 2.75) is 32.3 Å². The Morgan fingerprint density at radius 2 is 2.15 bits per heavy atom. The van der Waals surface area contributed by atoms with Gasteiger partial charge in [-0.2, -0.15) is 0 Å². The van der Waals surface area contributed by atoms with Crippen molar-refractivity contribution in [2.75, 3.05) is 37.7 Å². The van der Waals surface area contributed by atoms with Gasteiger partial charge in [-0.1, -0.05) is 18.2 Å². The summed E-state index contributed by atoms with van der Waals surface area (Å²) in [6.07, 6.45) is 2.26. The van der Waals surface area contributed by atoms with Crippen molar-refractivity contribution in [2.24, 2.45) is 5.92 Å². The van der Waals surface area contributed by atoms with Gasteiger partial charge in [0.1, 0.15) is 17.7 Å². The molecule has 3 heterocycles. The van der Waals surface area contributed by atoms with Gasteiger partial charge in [-0.3, -0.25) is 0 Å². The van der Waals surface area contributed by atoms with E-state index in [1.54, 1.807) is 12.1 Å². The fraction of sp³-hybridized carbons (Fsp3) is 0.423. The number of fused-ring (bicyclic) bond motifs is 1. The molecule has 1 unspecified atom stereocenters. The molecule has 3 aromatic rings. The topological polar surface area (TPSA) is 96.8 Å². The smallest absolute Gasteiger partial charge is 0.407 e. The summed E-state index contributed by atoms with van der Waals surface area (Å²) in [7, 11) is 0. The van der Waals surface area contributed by atoms with Gasteiger partial charge in [-0.25, -0.2) is 14.8 Å². The number of ether oxygens (including phenoxy) is 2. The highest BCUT2D eigenvalue weighted by Gasteiger charge is 2.25. The van der Waals surface area contributed by atoms with Gasteiger partial charge in [0, 0.05) is 34.3 Å². The first kappa shape index (κ1) is 22.4. The van der Waals surface area contributed by atoms with Crippen LogP contribution in [-0.2, 0) is 9.47 Å². The van der Waals surface area contributed by atoms with Crippen LogP contribution in [0.25, 0.3) is 22.3 Å². The standard InChI is InChI=1S/C26H30N4O4.2H2/c1-17-8-9-20-22(13-17)28-24(21-6-2-3-7-23(21)31)29-25(20)30-11-4-5-18(15-30)14-27-26(32)34-19-10-12-33-16-19;;/h2-3,6-9,13,18-19,31H,4-5,10-12,14-16H2,1H3,(H,27,32);2*1H/t18?,19-;;/m1../s1. The van der Waals surface area contributed by atoms with Crippen LogP contribution in [0.4, 0.5) is 10.6 Å². The predicted molar refractivity (Wildman–Crippen MR) is 134 cm³/mol. The highest BCUT2D eigenvalue weighted by Crippen LogP contribution is 2.33. The zero-order valence-electron chi connectivity index (χ0n) is 19.4. The first-order valence-corrected chi connectivity index (χ1v) is 11.9. The fourth-order valence-electron chi connectivity index (χ4n) is 4.70. The Morgan fingerprint density at radius 3 is 2.97 bits per heavy atom. The summed E-state index contributed by atoms with van der Waals surface area (Å²) in [4.78, 5) is 24.1. The third-order valence-corrected chi connectivity index (χ3v) is 6.49. The van der Waals surface area contributed by atoms with Crippen LogP contribution >= 0.6 is 0 Å². The van der Waals surface area contributed by atoms with Crippen LogP contribution in [0.5, 0.6) is 5.75 Å². The maximum atomic E-state index is 12.2. The fourth-order valence-corrected chi connectivity index (χ4v) is 4.70. The monoisotopic (exact) mass is 466 g/mol. The van der Waals surface area contributed by atoms with E-state index in [0.29, 0.717) is 31.1 Å². The lowest BCUT2D eigenvalue weighted by Crippen LogP contribution is -2.42. The summed E-state index contributed by atoms with van der Waals surface area (Å²) in [6, 6.07) is 13.3. The number of nitrogens with one attached hydrogen (secondary N) is 1. The zero-order chi connectivity index (χ0) is 23.5. The van der Waals surface area contributed by atoms with Crippen molar-refractivity contribution in [1.29, 1.82) is 0 Å². The van der Waals surface area contributed by atoms with E-state index in [9.17, 15) is 9.90 Å². The molecule has 0 spiro atoms. The molecule has 8 heteroatoms. The van der Waals surface area contributed by atoms with Gasteiger partial charge in [0.2, 0.25) is 0 Å². The molecular weight excluding hydrogens is 432 g/mol. The highest BCUT2D eigenvalue weighted by molar-refractivity contribution is 5.92. The van der Waals surface area contributed by atoms with Gasteiger partial charge in [0.05, 0.1) is 24.3 Å². The number of hydrogen-bond donors (Lipinski definition) is 2. The van der Waals surface area contributed by atoms with Crippen molar-refractivity contribution >= 4 is 22.8 Å². The molecule has 2 aliphatic rings. The molecule has 5 rings (SSSR count). The molecule has 8 nitrogen and oxygen atoms in total. The molecule has 1 aromatic heterocycles. The number of phenolic OH excluding ortho intramolecular Hbond substituents is 1. The van der Waals surface area contributed by atoms with E-state index in [2.05, 4.69) is 28.4 Å². The lowest BCUT2D eigenvalue weighted by atomic mass is 9.97. The molecule has 0 radical (unpaired) electrons. The number of anilines is 1. The molecule has 2 saturated heterocycles. The number of rotatable bonds is 5. The lowest BCUT2D eigenvalue weighted by molar-refractivity contribution is 0.0821. The Hall–Kier alpha value is -3.39. The molecule has 0 saturated carbocycles. The van der Waals surface area contributed by atoms with Crippen LogP contribution in [-0.4, -0.2) is 60.1 Å². The summed E-state index contributed by atoms with van der Waals surface area (Å²) in [5.41, 5.74) is 2.58. The Bertz CT molecular complexity index is 1190. The molecule has 34 heavy (non-hydrogen) atoms. The minimum Gasteiger partial charge on any atom is -0.507 e. The number of aromatic nitrogens is 2. The number of para-hydroxylation sites is 1. The molecule has 2 N–H and O–H groups in total. The van der Waals surface area contributed by atoms with Gasteiger partial charge in [0.25, 0.3) is 0 Å². The van der Waals surface area contributed by atoms with Crippen LogP contribution in [0, 0.1) is 12.8 Å². The number of hydrogen-bond acceptors (Lipinski definition) is 7. The highest BCUT2D eigenvalue weighted by atomic mass is 16.6. The maximum absolute atomic E-state index is 12.2. The van der Waals surface area contributed by atoms with Gasteiger partial charge in [-0.05, 0) is 55.5 Å². The molecule has 0 aliphatic carbocycles. The van der Waals surface area contributed by atoms with Crippen LogP contribution in [0.1, 0.15) is 27.7 Å². The predicted octanol–water partition coefficient (Wildman–Crippen LogP) is 4.53. The SMILES string of the molecule is Cc1ccc2c(N3CCCC(CNC(=O)O[C@@H]4CCOC4)C3)nc(-c3ccccc3O)nc2c1.[HH].[HH]. The number of carbonyl (C=O) groups is 1. The molecule has 2 aliphatic heterocycles. The van der Waals surface area contributed by atoms with E-state index in [0.717, 1.165) is 54.6 Å². The zero-order valence-corrected chi connectivity index (χ0v) is 19.4. The van der Waals surface area contributed by atoms with Gasteiger partial charge < -0.3 is 24.8 Å². The van der Waals surface area contributed by atoms with Crippen LogP contribution < -0.4 is 10.2 Å². The van der Waals surface area contributed by atoms with Crippen LogP contribution in [0.2, 0.25) is 0 Å². The van der Waals surface area contributed by atoms with E-state index in [-0.39, 0.29) is 26.7 Å². The number of aryl methyl sites for hydroxylation is 1. The summed E-state index contributed by atoms with van der Waals surface area (Å²) >= 11 is 0. The number of amides is 1. The third kappa shape index (κ3) is 4.92. The summed E-state index contributed by atoms with van der Waals surface area (Å²) in [5, 5.41) is 14.3. The molecule has 0 bridgehead atoms. The van der Waals surface area contributed by atoms with E-state index >= 15 is 0 Å². The average molecular weight is 467 g/mol. The van der Waals surface area contributed by atoms with Gasteiger partial charge >= 0.3 is 6.09 Å². The van der Waals surface area contributed by atoms with E-state index in [4.69, 9.17) is 19.4 Å². The minimum absolute atomic E-state index is 0. The Balaban J connectivity index is 0.00000180. The van der Waals surface area contributed by atoms with E-state index in [1.807, 2.05) is 19.1 Å². The third-order valence-electron chi connectivity index (χ3n) is 6.49. The largest absolute Gasteiger partial charge is 0.507 e. The average Bonchev–Trinajstić information content (AvgIpc) is 3.35. The number of nitrogens with zero attached hydrogens (tertiary/aromatic N) is 3. The van der Waals surface area contributed by atoms with Crippen molar-refractivity contribution < 1.29 is 22.2 Å². The summed E-state index contributed by atoms with van der Waals surface area (Å²) in [6.45, 7) is 5.36. The van der Waals surface area contributed by atoms with Crippen LogP contribution in [0.15, 0.2) is 42.5 Å². The first-order valence-electron chi connectivity index (χ1n) is 11.9. The van der Waals surface area contributed by atoms with Crippen molar-refractivity contribution in [3.63, 3.8) is 0 Å². The Morgan fingerprint density at radius 1 is 1.26 bits per heavy atom. The van der Waals surface area contributed by atoms with E-state index in [1.165, 1.54) is 0 Å². The number of benzene rings is 2. The summed E-state index contributed by atoms with van der Waals surface area (Å²) in [5.74, 6) is 1.81. The second kappa shape index (κ2) is 9.85. The number of phenols is 1. The lowest BCUT2D eigenvalue weighted by Gasteiger charge is -2.34. The normalized spacial score (nSPS) is 20.4. The molecule has 182 valence electrons. The number of piperidine rings is 1. The van der Waals surface area contributed by atoms with Gasteiger partial charge in [0.15, 0.2) is 5.82 Å². The molecule has 2 atom stereocenters. The molecular formula is C26H34N4O4. The molecule has 2 fully saturated rings. The number of carbonyl (C=O) groups excluding carboxylic acids is 1. The second-order valence-electron chi connectivity index (χ2n) is 9.13. The van der Waals surface area contributed by atoms with Crippen molar-refractivity contribution in [1.82, 2.24) is 15.3 Å². The quantitative estimate of drug-likeness (QED) is 0.570. The van der Waals surface area contributed by atoms with Crippen molar-refractivity contribution in [3.05, 3.63) is 48.0 Å². The summed E-state index contributed by atoms with van der Waals surface area (Å²) < 4.78 is 10.7. The Kier molecular flexibility index (Phi) is 6.49. The van der Waals surface area contributed by atoms with Crippen LogP contribution in [0.3, 0.4) is 0 Å².